The van der Waals surface area contributed by atoms with Crippen molar-refractivity contribution in [1.82, 2.24) is 0 Å². The lowest BCUT2D eigenvalue weighted by atomic mass is 9.97. The maximum atomic E-state index is 12.1. The van der Waals surface area contributed by atoms with Crippen LogP contribution in [0.4, 0.5) is 0 Å². The van der Waals surface area contributed by atoms with Gasteiger partial charge in [-0.2, -0.15) is 0 Å². The van der Waals surface area contributed by atoms with E-state index in [0.29, 0.717) is 5.56 Å². The fourth-order valence-electron chi connectivity index (χ4n) is 3.01. The van der Waals surface area contributed by atoms with Gasteiger partial charge in [-0.25, -0.2) is 4.79 Å². The molecule has 4 heteroatoms. The summed E-state index contributed by atoms with van der Waals surface area (Å²) in [5.41, 5.74) is 3.74. The van der Waals surface area contributed by atoms with Crippen molar-refractivity contribution in [3.8, 4) is 11.1 Å². The zero-order chi connectivity index (χ0) is 16.7. The second-order valence-electron chi connectivity index (χ2n) is 5.43. The number of rotatable bonds is 2. The first-order valence-electron chi connectivity index (χ1n) is 7.48. The summed E-state index contributed by atoms with van der Waals surface area (Å²) in [5, 5.41) is 2.04. The minimum Gasteiger partial charge on any atom is -0.465 e. The van der Waals surface area contributed by atoms with Crippen LogP contribution in [0.5, 0.6) is 0 Å². The van der Waals surface area contributed by atoms with Gasteiger partial charge in [-0.15, -0.1) is 0 Å². The highest BCUT2D eigenvalue weighted by molar-refractivity contribution is 9.10. The van der Waals surface area contributed by atoms with E-state index in [9.17, 15) is 4.79 Å². The Bertz CT molecular complexity index is 1080. The van der Waals surface area contributed by atoms with Crippen LogP contribution in [-0.4, -0.2) is 13.1 Å². The summed E-state index contributed by atoms with van der Waals surface area (Å²) in [4.78, 5) is 12.1. The van der Waals surface area contributed by atoms with Crippen molar-refractivity contribution < 1.29 is 13.9 Å². The summed E-state index contributed by atoms with van der Waals surface area (Å²) in [7, 11) is 1.39. The van der Waals surface area contributed by atoms with Crippen molar-refractivity contribution in [2.75, 3.05) is 7.11 Å². The fraction of sp³-hybridized carbons (Fsp3) is 0.0500. The van der Waals surface area contributed by atoms with Crippen molar-refractivity contribution in [2.45, 2.75) is 0 Å². The molecule has 24 heavy (non-hydrogen) atoms. The van der Waals surface area contributed by atoms with Gasteiger partial charge in [-0.1, -0.05) is 52.3 Å². The topological polar surface area (TPSA) is 39.4 Å². The summed E-state index contributed by atoms with van der Waals surface area (Å²) < 4.78 is 12.0. The zero-order valence-electron chi connectivity index (χ0n) is 12.9. The molecule has 0 fully saturated rings. The molecule has 0 aliphatic carbocycles. The van der Waals surface area contributed by atoms with Gasteiger partial charge in [0.2, 0.25) is 0 Å². The molecule has 0 saturated carbocycles. The molecule has 0 saturated heterocycles. The van der Waals surface area contributed by atoms with Gasteiger partial charge in [-0.05, 0) is 29.8 Å². The smallest absolute Gasteiger partial charge is 0.338 e. The first-order chi connectivity index (χ1) is 11.7. The Hall–Kier alpha value is -2.59. The molecule has 3 nitrogen and oxygen atoms in total. The Kier molecular flexibility index (Phi) is 3.62. The fourth-order valence-corrected chi connectivity index (χ4v) is 3.53. The van der Waals surface area contributed by atoms with E-state index >= 15 is 0 Å². The highest BCUT2D eigenvalue weighted by Crippen LogP contribution is 2.40. The third-order valence-corrected chi connectivity index (χ3v) is 4.76. The third kappa shape index (κ3) is 2.22. The summed E-state index contributed by atoms with van der Waals surface area (Å²) in [6.07, 6.45) is 0. The number of benzene rings is 3. The number of para-hydroxylation sites is 1. The monoisotopic (exact) mass is 380 g/mol. The molecule has 0 spiro atoms. The minimum absolute atomic E-state index is 0.363. The molecule has 4 rings (SSSR count). The van der Waals surface area contributed by atoms with Crippen molar-refractivity contribution >= 4 is 43.8 Å². The van der Waals surface area contributed by atoms with Crippen molar-refractivity contribution in [3.05, 3.63) is 70.7 Å². The quantitative estimate of drug-likeness (QED) is 0.412. The highest BCUT2D eigenvalue weighted by Gasteiger charge is 2.19. The van der Waals surface area contributed by atoms with Crippen LogP contribution in [0, 0.1) is 0 Å². The molecular formula is C20H13BrO3. The molecular weight excluding hydrogens is 368 g/mol. The Labute approximate surface area is 147 Å². The molecule has 4 aromatic rings. The van der Waals surface area contributed by atoms with E-state index in [1.54, 1.807) is 6.07 Å². The van der Waals surface area contributed by atoms with Gasteiger partial charge in [0.15, 0.2) is 0 Å². The van der Waals surface area contributed by atoms with Crippen molar-refractivity contribution in [3.63, 3.8) is 0 Å². The van der Waals surface area contributed by atoms with Crippen LogP contribution in [0.25, 0.3) is 33.1 Å². The Morgan fingerprint density at radius 2 is 1.71 bits per heavy atom. The molecule has 0 bridgehead atoms. The average molecular weight is 381 g/mol. The standard InChI is InChI=1S/C20H13BrO3/c1-23-20(22)14-7-3-2-6-12(14)13-10-11-16(21)18-15-8-4-5-9-17(15)24-19(13)18/h2-11H,1H3. The largest absolute Gasteiger partial charge is 0.465 e. The van der Waals surface area contributed by atoms with Gasteiger partial charge < -0.3 is 9.15 Å². The molecule has 1 heterocycles. The molecule has 0 amide bonds. The van der Waals surface area contributed by atoms with Gasteiger partial charge in [0.1, 0.15) is 11.2 Å². The molecule has 0 atom stereocenters. The van der Waals surface area contributed by atoms with E-state index in [-0.39, 0.29) is 5.97 Å². The number of esters is 1. The molecule has 0 aliphatic rings. The lowest BCUT2D eigenvalue weighted by molar-refractivity contribution is 0.0601. The summed E-state index contributed by atoms with van der Waals surface area (Å²) >= 11 is 3.61. The highest BCUT2D eigenvalue weighted by atomic mass is 79.9. The van der Waals surface area contributed by atoms with E-state index in [0.717, 1.165) is 37.5 Å². The number of ether oxygens (including phenoxy) is 1. The van der Waals surface area contributed by atoms with Crippen molar-refractivity contribution in [1.29, 1.82) is 0 Å². The first-order valence-corrected chi connectivity index (χ1v) is 8.27. The van der Waals surface area contributed by atoms with E-state index in [2.05, 4.69) is 15.9 Å². The number of furan rings is 1. The number of fused-ring (bicyclic) bond motifs is 3. The Morgan fingerprint density at radius 3 is 2.54 bits per heavy atom. The molecule has 118 valence electrons. The molecule has 0 N–H and O–H groups in total. The number of hydrogen-bond donors (Lipinski definition) is 0. The number of carbonyl (C=O) groups is 1. The number of methoxy groups -OCH3 is 1. The Balaban J connectivity index is 2.09. The maximum Gasteiger partial charge on any atom is 0.338 e. The van der Waals surface area contributed by atoms with Crippen molar-refractivity contribution in [2.24, 2.45) is 0 Å². The maximum absolute atomic E-state index is 12.1. The van der Waals surface area contributed by atoms with E-state index in [1.165, 1.54) is 7.11 Å². The van der Waals surface area contributed by atoms with E-state index < -0.39 is 0 Å². The van der Waals surface area contributed by atoms with Crippen LogP contribution in [0.3, 0.4) is 0 Å². The lowest BCUT2D eigenvalue weighted by Gasteiger charge is -2.09. The van der Waals surface area contributed by atoms with Crippen LogP contribution in [0.15, 0.2) is 69.6 Å². The lowest BCUT2D eigenvalue weighted by Crippen LogP contribution is -2.03. The Morgan fingerprint density at radius 1 is 0.958 bits per heavy atom. The van der Waals surface area contributed by atoms with Gasteiger partial charge >= 0.3 is 5.97 Å². The van der Waals surface area contributed by atoms with Gasteiger partial charge in [0.25, 0.3) is 0 Å². The predicted octanol–water partition coefficient (Wildman–Crippen LogP) is 5.80. The molecule has 1 aromatic heterocycles. The van der Waals surface area contributed by atoms with Crippen LogP contribution in [-0.2, 0) is 4.74 Å². The second-order valence-corrected chi connectivity index (χ2v) is 6.29. The van der Waals surface area contributed by atoms with Crippen LogP contribution >= 0.6 is 15.9 Å². The molecule has 0 unspecified atom stereocenters. The molecule has 3 aromatic carbocycles. The van der Waals surface area contributed by atoms with Crippen LogP contribution in [0.2, 0.25) is 0 Å². The summed E-state index contributed by atoms with van der Waals surface area (Å²) in [5.74, 6) is -0.363. The second kappa shape index (κ2) is 5.80. The molecule has 0 aliphatic heterocycles. The van der Waals surface area contributed by atoms with Gasteiger partial charge in [0.05, 0.1) is 12.7 Å². The third-order valence-electron chi connectivity index (χ3n) is 4.10. The van der Waals surface area contributed by atoms with Crippen LogP contribution in [0.1, 0.15) is 10.4 Å². The summed E-state index contributed by atoms with van der Waals surface area (Å²) in [6, 6.07) is 19.2. The first kappa shape index (κ1) is 15.0. The molecule has 0 radical (unpaired) electrons. The van der Waals surface area contributed by atoms with Gasteiger partial charge in [-0.3, -0.25) is 0 Å². The van der Waals surface area contributed by atoms with E-state index in [4.69, 9.17) is 9.15 Å². The van der Waals surface area contributed by atoms with Crippen LogP contribution < -0.4 is 0 Å². The zero-order valence-corrected chi connectivity index (χ0v) is 14.5. The number of carbonyl (C=O) groups excluding carboxylic acids is 1. The summed E-state index contributed by atoms with van der Waals surface area (Å²) in [6.45, 7) is 0. The number of halogens is 1. The number of hydrogen-bond acceptors (Lipinski definition) is 3. The van der Waals surface area contributed by atoms with E-state index in [1.807, 2.05) is 54.6 Å². The average Bonchev–Trinajstić information content (AvgIpc) is 3.02. The SMILES string of the molecule is COC(=O)c1ccccc1-c1ccc(Br)c2c1oc1ccccc12. The predicted molar refractivity (Wildman–Crippen MR) is 98.2 cm³/mol. The van der Waals surface area contributed by atoms with Gasteiger partial charge in [0, 0.05) is 20.8 Å². The minimum atomic E-state index is -0.363. The normalized spacial score (nSPS) is 11.1.